The minimum Gasteiger partial charge on any atom is -0.374 e. The monoisotopic (exact) mass is 315 g/mol. The van der Waals surface area contributed by atoms with Crippen LogP contribution in [-0.2, 0) is 25.4 Å². The third-order valence-electron chi connectivity index (χ3n) is 5.34. The van der Waals surface area contributed by atoms with Crippen molar-refractivity contribution in [2.45, 2.75) is 37.3 Å². The van der Waals surface area contributed by atoms with Crippen LogP contribution in [0.15, 0.2) is 24.8 Å². The normalized spacial score (nSPS) is 24.5. The maximum atomic E-state index is 6.28. The van der Waals surface area contributed by atoms with Gasteiger partial charge in [-0.05, 0) is 24.8 Å². The fraction of sp³-hybridized carbons (Fsp3) is 0.647. The van der Waals surface area contributed by atoms with E-state index in [-0.39, 0.29) is 5.60 Å². The van der Waals surface area contributed by atoms with Crippen molar-refractivity contribution in [2.24, 2.45) is 14.1 Å². The minimum absolute atomic E-state index is 0.0892. The van der Waals surface area contributed by atoms with Gasteiger partial charge in [0.15, 0.2) is 0 Å². The molecule has 1 unspecified atom stereocenters. The summed E-state index contributed by atoms with van der Waals surface area (Å²) in [6, 6.07) is 0. The lowest BCUT2D eigenvalue weighted by Gasteiger charge is -2.38. The summed E-state index contributed by atoms with van der Waals surface area (Å²) in [7, 11) is 3.95. The van der Waals surface area contributed by atoms with Crippen molar-refractivity contribution in [1.29, 1.82) is 0 Å². The predicted octanol–water partition coefficient (Wildman–Crippen LogP) is 1.69. The number of hydrogen-bond acceptors (Lipinski definition) is 4. The first-order chi connectivity index (χ1) is 11.1. The summed E-state index contributed by atoms with van der Waals surface area (Å²) in [6.07, 6.45) is 11.6. The van der Waals surface area contributed by atoms with Gasteiger partial charge in [-0.2, -0.15) is 10.2 Å². The minimum atomic E-state index is 0.0892. The van der Waals surface area contributed by atoms with Gasteiger partial charge in [-0.3, -0.25) is 14.3 Å². The molecule has 2 aromatic heterocycles. The molecular formula is C17H25N5O. The highest BCUT2D eigenvalue weighted by Crippen LogP contribution is 2.42. The first-order valence-corrected chi connectivity index (χ1v) is 8.44. The van der Waals surface area contributed by atoms with Gasteiger partial charge in [-0.1, -0.05) is 0 Å². The third-order valence-corrected chi connectivity index (χ3v) is 5.34. The second-order valence-electron chi connectivity index (χ2n) is 7.14. The SMILES string of the molecule is Cn1cc(CN2CCC3(CC2)CC(c2cnn(C)c2)CO3)cn1. The smallest absolute Gasteiger partial charge is 0.0713 e. The van der Waals surface area contributed by atoms with Crippen LogP contribution in [0.5, 0.6) is 0 Å². The molecule has 0 radical (unpaired) electrons. The Morgan fingerprint density at radius 1 is 1.13 bits per heavy atom. The summed E-state index contributed by atoms with van der Waals surface area (Å²) in [4.78, 5) is 2.52. The van der Waals surface area contributed by atoms with Crippen LogP contribution in [0, 0.1) is 0 Å². The second kappa shape index (κ2) is 5.76. The summed E-state index contributed by atoms with van der Waals surface area (Å²) >= 11 is 0. The number of aryl methyl sites for hydroxylation is 2. The maximum Gasteiger partial charge on any atom is 0.0713 e. The fourth-order valence-electron chi connectivity index (χ4n) is 3.99. The zero-order valence-corrected chi connectivity index (χ0v) is 14.0. The summed E-state index contributed by atoms with van der Waals surface area (Å²) in [5.74, 6) is 0.508. The predicted molar refractivity (Wildman–Crippen MR) is 87.0 cm³/mol. The molecule has 0 N–H and O–H groups in total. The van der Waals surface area contributed by atoms with Crippen LogP contribution < -0.4 is 0 Å². The van der Waals surface area contributed by atoms with E-state index in [1.807, 2.05) is 35.9 Å². The van der Waals surface area contributed by atoms with Crippen molar-refractivity contribution >= 4 is 0 Å². The van der Waals surface area contributed by atoms with Crippen molar-refractivity contribution in [1.82, 2.24) is 24.5 Å². The Kier molecular flexibility index (Phi) is 3.73. The lowest BCUT2D eigenvalue weighted by atomic mass is 9.84. The van der Waals surface area contributed by atoms with Crippen LogP contribution >= 0.6 is 0 Å². The first-order valence-electron chi connectivity index (χ1n) is 8.44. The summed E-state index contributed by atoms with van der Waals surface area (Å²) in [6.45, 7) is 4.05. The standard InChI is InChI=1S/C17H25N5O/c1-20-10-14(8-18-20)11-22-5-3-17(4-6-22)7-15(13-23-17)16-9-19-21(2)12-16/h8-10,12,15H,3-7,11,13H2,1-2H3. The van der Waals surface area contributed by atoms with E-state index >= 15 is 0 Å². The third kappa shape index (κ3) is 3.05. The molecule has 1 spiro atoms. The van der Waals surface area contributed by atoms with E-state index in [9.17, 15) is 0 Å². The van der Waals surface area contributed by atoms with Gasteiger partial charge in [0.2, 0.25) is 0 Å². The Balaban J connectivity index is 1.34. The van der Waals surface area contributed by atoms with E-state index < -0.39 is 0 Å². The molecule has 0 aliphatic carbocycles. The van der Waals surface area contributed by atoms with Crippen LogP contribution in [0.4, 0.5) is 0 Å². The van der Waals surface area contributed by atoms with Crippen molar-refractivity contribution in [3.8, 4) is 0 Å². The van der Waals surface area contributed by atoms with Gasteiger partial charge >= 0.3 is 0 Å². The van der Waals surface area contributed by atoms with Crippen LogP contribution in [-0.4, -0.2) is 49.8 Å². The molecule has 0 amide bonds. The zero-order chi connectivity index (χ0) is 15.9. The Morgan fingerprint density at radius 2 is 1.87 bits per heavy atom. The number of piperidine rings is 1. The van der Waals surface area contributed by atoms with E-state index in [1.54, 1.807) is 0 Å². The van der Waals surface area contributed by atoms with Crippen molar-refractivity contribution in [3.05, 3.63) is 35.9 Å². The molecule has 1 atom stereocenters. The number of likely N-dealkylation sites (tertiary alicyclic amines) is 1. The lowest BCUT2D eigenvalue weighted by Crippen LogP contribution is -2.43. The van der Waals surface area contributed by atoms with Gasteiger partial charge in [0.05, 0.1) is 24.6 Å². The lowest BCUT2D eigenvalue weighted by molar-refractivity contribution is -0.0448. The van der Waals surface area contributed by atoms with Crippen LogP contribution in [0.1, 0.15) is 36.3 Å². The average molecular weight is 315 g/mol. The number of rotatable bonds is 3. The van der Waals surface area contributed by atoms with Gasteiger partial charge in [0.1, 0.15) is 0 Å². The molecule has 124 valence electrons. The molecule has 2 saturated heterocycles. The molecule has 2 aromatic rings. The van der Waals surface area contributed by atoms with Crippen LogP contribution in [0.2, 0.25) is 0 Å². The topological polar surface area (TPSA) is 48.1 Å². The summed E-state index contributed by atoms with van der Waals surface area (Å²) in [5.41, 5.74) is 2.71. The van der Waals surface area contributed by atoms with E-state index in [1.165, 1.54) is 11.1 Å². The van der Waals surface area contributed by atoms with E-state index in [4.69, 9.17) is 4.74 Å². The summed E-state index contributed by atoms with van der Waals surface area (Å²) in [5, 5.41) is 8.56. The molecule has 0 saturated carbocycles. The number of aromatic nitrogens is 4. The Labute approximate surface area is 137 Å². The van der Waals surface area contributed by atoms with Crippen molar-refractivity contribution in [2.75, 3.05) is 19.7 Å². The van der Waals surface area contributed by atoms with Gasteiger partial charge in [0.25, 0.3) is 0 Å². The van der Waals surface area contributed by atoms with Crippen molar-refractivity contribution < 1.29 is 4.74 Å². The quantitative estimate of drug-likeness (QED) is 0.865. The largest absolute Gasteiger partial charge is 0.374 e. The molecule has 2 aliphatic rings. The van der Waals surface area contributed by atoms with Crippen molar-refractivity contribution in [3.63, 3.8) is 0 Å². The number of hydrogen-bond donors (Lipinski definition) is 0. The van der Waals surface area contributed by atoms with Gasteiger partial charge in [-0.15, -0.1) is 0 Å². The second-order valence-corrected chi connectivity index (χ2v) is 7.14. The van der Waals surface area contributed by atoms with E-state index in [0.29, 0.717) is 5.92 Å². The van der Waals surface area contributed by atoms with Gasteiger partial charge < -0.3 is 4.74 Å². The molecule has 6 nitrogen and oxygen atoms in total. The molecule has 6 heteroatoms. The molecule has 4 rings (SSSR count). The molecule has 23 heavy (non-hydrogen) atoms. The van der Waals surface area contributed by atoms with Crippen LogP contribution in [0.3, 0.4) is 0 Å². The highest BCUT2D eigenvalue weighted by molar-refractivity contribution is 5.15. The fourth-order valence-corrected chi connectivity index (χ4v) is 3.99. The molecular weight excluding hydrogens is 290 g/mol. The molecule has 0 bridgehead atoms. The molecule has 2 fully saturated rings. The van der Waals surface area contributed by atoms with Gasteiger partial charge in [0, 0.05) is 57.6 Å². The van der Waals surface area contributed by atoms with E-state index in [2.05, 4.69) is 27.5 Å². The van der Waals surface area contributed by atoms with E-state index in [0.717, 1.165) is 45.5 Å². The Morgan fingerprint density at radius 3 is 2.52 bits per heavy atom. The zero-order valence-electron chi connectivity index (χ0n) is 14.0. The highest BCUT2D eigenvalue weighted by atomic mass is 16.5. The first kappa shape index (κ1) is 14.9. The average Bonchev–Trinajstić information content (AvgIpc) is 3.24. The van der Waals surface area contributed by atoms with Crippen LogP contribution in [0.25, 0.3) is 0 Å². The summed E-state index contributed by atoms with van der Waals surface area (Å²) < 4.78 is 10.0. The maximum absolute atomic E-state index is 6.28. The molecule has 2 aliphatic heterocycles. The number of nitrogens with zero attached hydrogens (tertiary/aromatic N) is 5. The Bertz CT molecular complexity index is 668. The highest BCUT2D eigenvalue weighted by Gasteiger charge is 2.43. The Hall–Kier alpha value is -1.66. The number of ether oxygens (including phenoxy) is 1. The molecule has 0 aromatic carbocycles. The van der Waals surface area contributed by atoms with Gasteiger partial charge in [-0.25, -0.2) is 0 Å². The molecule has 4 heterocycles.